The van der Waals surface area contributed by atoms with E-state index < -0.39 is 5.60 Å². The summed E-state index contributed by atoms with van der Waals surface area (Å²) >= 11 is 3.38. The lowest BCUT2D eigenvalue weighted by molar-refractivity contribution is 0.00493. The van der Waals surface area contributed by atoms with E-state index in [0.29, 0.717) is 28.6 Å². The average Bonchev–Trinajstić information content (AvgIpc) is 2.41. The molecule has 1 aromatic heterocycles. The molecule has 0 radical (unpaired) electrons. The molecule has 0 amide bonds. The fourth-order valence-electron chi connectivity index (χ4n) is 2.32. The molecule has 1 saturated carbocycles. The van der Waals surface area contributed by atoms with Crippen LogP contribution in [0.5, 0.6) is 0 Å². The van der Waals surface area contributed by atoms with Gasteiger partial charge in [0.25, 0.3) is 0 Å². The van der Waals surface area contributed by atoms with Crippen molar-refractivity contribution in [3.8, 4) is 0 Å². The number of hydrogen-bond donors (Lipinski definition) is 4. The van der Waals surface area contributed by atoms with E-state index in [1.54, 1.807) is 0 Å². The number of halogens is 1. The minimum Gasteiger partial charge on any atom is -0.388 e. The molecule has 1 heterocycles. The number of anilines is 2. The Kier molecular flexibility index (Phi) is 4.59. The van der Waals surface area contributed by atoms with E-state index in [4.69, 9.17) is 5.84 Å². The Morgan fingerprint density at radius 1 is 1.42 bits per heavy atom. The van der Waals surface area contributed by atoms with Crippen molar-refractivity contribution < 1.29 is 5.11 Å². The van der Waals surface area contributed by atoms with Gasteiger partial charge in [0.05, 0.1) is 5.60 Å². The van der Waals surface area contributed by atoms with Crippen LogP contribution in [0.15, 0.2) is 10.8 Å². The summed E-state index contributed by atoms with van der Waals surface area (Å²) in [6, 6.07) is 0. The van der Waals surface area contributed by atoms with Gasteiger partial charge in [-0.3, -0.25) is 0 Å². The van der Waals surface area contributed by atoms with Crippen LogP contribution in [0.2, 0.25) is 0 Å². The maximum absolute atomic E-state index is 10.5. The standard InChI is InChI=1S/C12H20BrN5O/c1-8-2-4-12(19,5-3-8)6-15-10-9(13)11(18-14)17-7-16-10/h7-8,19H,2-6,14H2,1H3,(H2,15,16,17,18). The van der Waals surface area contributed by atoms with Crippen molar-refractivity contribution in [3.63, 3.8) is 0 Å². The predicted octanol–water partition coefficient (Wildman–Crippen LogP) is 1.88. The maximum Gasteiger partial charge on any atom is 0.159 e. The van der Waals surface area contributed by atoms with E-state index in [9.17, 15) is 5.11 Å². The van der Waals surface area contributed by atoms with Gasteiger partial charge in [-0.25, -0.2) is 15.8 Å². The summed E-state index contributed by atoms with van der Waals surface area (Å²) in [7, 11) is 0. The van der Waals surface area contributed by atoms with Gasteiger partial charge in [-0.05, 0) is 47.5 Å². The number of aromatic nitrogens is 2. The second-order valence-corrected chi connectivity index (χ2v) is 6.08. The largest absolute Gasteiger partial charge is 0.388 e. The van der Waals surface area contributed by atoms with E-state index in [2.05, 4.69) is 43.6 Å². The smallest absolute Gasteiger partial charge is 0.159 e. The predicted molar refractivity (Wildman–Crippen MR) is 78.6 cm³/mol. The van der Waals surface area contributed by atoms with Gasteiger partial charge in [0.1, 0.15) is 16.6 Å². The van der Waals surface area contributed by atoms with Crippen LogP contribution >= 0.6 is 15.9 Å². The average molecular weight is 330 g/mol. The minimum atomic E-state index is -0.646. The third-order valence-electron chi connectivity index (χ3n) is 3.72. The molecule has 0 bridgehead atoms. The highest BCUT2D eigenvalue weighted by molar-refractivity contribution is 9.10. The first kappa shape index (κ1) is 14.5. The number of rotatable bonds is 4. The Balaban J connectivity index is 1.99. The molecule has 7 heteroatoms. The van der Waals surface area contributed by atoms with Crippen LogP contribution in [-0.4, -0.2) is 27.2 Å². The van der Waals surface area contributed by atoms with Gasteiger partial charge in [-0.2, -0.15) is 0 Å². The Morgan fingerprint density at radius 2 is 2.05 bits per heavy atom. The maximum atomic E-state index is 10.5. The van der Waals surface area contributed by atoms with Gasteiger partial charge in [-0.15, -0.1) is 0 Å². The van der Waals surface area contributed by atoms with Crippen LogP contribution in [0.25, 0.3) is 0 Å². The van der Waals surface area contributed by atoms with Crippen LogP contribution < -0.4 is 16.6 Å². The highest BCUT2D eigenvalue weighted by Gasteiger charge is 2.31. The highest BCUT2D eigenvalue weighted by atomic mass is 79.9. The molecule has 0 saturated heterocycles. The lowest BCUT2D eigenvalue weighted by Gasteiger charge is -2.35. The van der Waals surface area contributed by atoms with Crippen LogP contribution in [0.3, 0.4) is 0 Å². The molecule has 0 unspecified atom stereocenters. The van der Waals surface area contributed by atoms with Gasteiger partial charge in [0.2, 0.25) is 0 Å². The van der Waals surface area contributed by atoms with Crippen molar-refractivity contribution in [3.05, 3.63) is 10.8 Å². The topological polar surface area (TPSA) is 96.1 Å². The van der Waals surface area contributed by atoms with Gasteiger partial charge in [0.15, 0.2) is 5.82 Å². The molecule has 0 spiro atoms. The molecular weight excluding hydrogens is 310 g/mol. The number of nitrogens with two attached hydrogens (primary N) is 1. The lowest BCUT2D eigenvalue weighted by atomic mass is 9.79. The van der Waals surface area contributed by atoms with Gasteiger partial charge < -0.3 is 15.8 Å². The summed E-state index contributed by atoms with van der Waals surface area (Å²) in [6.07, 6.45) is 5.21. The van der Waals surface area contributed by atoms with Crippen LogP contribution in [0, 0.1) is 5.92 Å². The van der Waals surface area contributed by atoms with Crippen molar-refractivity contribution in [2.45, 2.75) is 38.2 Å². The summed E-state index contributed by atoms with van der Waals surface area (Å²) in [5.41, 5.74) is 1.84. The number of nitrogen functional groups attached to an aromatic ring is 1. The van der Waals surface area contributed by atoms with Crippen molar-refractivity contribution in [2.24, 2.45) is 11.8 Å². The second-order valence-electron chi connectivity index (χ2n) is 5.29. The van der Waals surface area contributed by atoms with Crippen molar-refractivity contribution in [2.75, 3.05) is 17.3 Å². The van der Waals surface area contributed by atoms with E-state index in [-0.39, 0.29) is 0 Å². The fraction of sp³-hybridized carbons (Fsp3) is 0.667. The third-order valence-corrected chi connectivity index (χ3v) is 4.47. The summed E-state index contributed by atoms with van der Waals surface area (Å²) in [6.45, 7) is 2.71. The lowest BCUT2D eigenvalue weighted by Crippen LogP contribution is -2.40. The first-order valence-electron chi connectivity index (χ1n) is 6.47. The van der Waals surface area contributed by atoms with E-state index in [1.165, 1.54) is 6.33 Å². The molecule has 1 aromatic rings. The van der Waals surface area contributed by atoms with Gasteiger partial charge in [0, 0.05) is 6.54 Å². The molecule has 0 aromatic carbocycles. The SMILES string of the molecule is CC1CCC(O)(CNc2ncnc(NN)c2Br)CC1. The zero-order valence-electron chi connectivity index (χ0n) is 11.0. The zero-order chi connectivity index (χ0) is 13.9. The Bertz CT molecular complexity index is 434. The first-order chi connectivity index (χ1) is 9.04. The number of nitrogens with zero attached hydrogens (tertiary/aromatic N) is 2. The first-order valence-corrected chi connectivity index (χ1v) is 7.27. The molecule has 6 nitrogen and oxygen atoms in total. The van der Waals surface area contributed by atoms with Gasteiger partial charge in [-0.1, -0.05) is 6.92 Å². The molecule has 0 aliphatic heterocycles. The van der Waals surface area contributed by atoms with E-state index in [1.807, 2.05) is 0 Å². The Labute approximate surface area is 121 Å². The van der Waals surface area contributed by atoms with Crippen LogP contribution in [0.1, 0.15) is 32.6 Å². The zero-order valence-corrected chi connectivity index (χ0v) is 12.6. The highest BCUT2D eigenvalue weighted by Crippen LogP contribution is 2.33. The molecule has 1 fully saturated rings. The number of hydrazine groups is 1. The number of hydrogen-bond acceptors (Lipinski definition) is 6. The Morgan fingerprint density at radius 3 is 2.68 bits per heavy atom. The molecule has 2 rings (SSSR count). The van der Waals surface area contributed by atoms with E-state index >= 15 is 0 Å². The summed E-state index contributed by atoms with van der Waals surface area (Å²) in [5, 5.41) is 13.7. The molecule has 0 atom stereocenters. The van der Waals surface area contributed by atoms with Crippen LogP contribution in [-0.2, 0) is 0 Å². The number of aliphatic hydroxyl groups is 1. The molecule has 106 valence electrons. The summed E-state index contributed by atoms with van der Waals surface area (Å²) < 4.78 is 0.672. The van der Waals surface area contributed by atoms with Crippen molar-refractivity contribution in [1.82, 2.24) is 9.97 Å². The molecule has 19 heavy (non-hydrogen) atoms. The Hall–Kier alpha value is -0.920. The molecule has 1 aliphatic carbocycles. The molecule has 1 aliphatic rings. The van der Waals surface area contributed by atoms with Crippen molar-refractivity contribution >= 4 is 27.6 Å². The third kappa shape index (κ3) is 3.55. The summed E-state index contributed by atoms with van der Waals surface area (Å²) in [5.74, 6) is 7.21. The van der Waals surface area contributed by atoms with E-state index in [0.717, 1.165) is 25.7 Å². The monoisotopic (exact) mass is 329 g/mol. The number of nitrogens with one attached hydrogen (secondary N) is 2. The fourth-order valence-corrected chi connectivity index (χ4v) is 2.78. The second kappa shape index (κ2) is 6.02. The van der Waals surface area contributed by atoms with Gasteiger partial charge >= 0.3 is 0 Å². The molecular formula is C12H20BrN5O. The quantitative estimate of drug-likeness (QED) is 0.497. The van der Waals surface area contributed by atoms with Crippen molar-refractivity contribution in [1.29, 1.82) is 0 Å². The normalized spacial score (nSPS) is 27.1. The molecule has 5 N–H and O–H groups in total. The minimum absolute atomic E-state index is 0.485. The van der Waals surface area contributed by atoms with Crippen LogP contribution in [0.4, 0.5) is 11.6 Å². The summed E-state index contributed by atoms with van der Waals surface area (Å²) in [4.78, 5) is 8.12.